The van der Waals surface area contributed by atoms with E-state index in [1.165, 1.54) is 49.3 Å². The molecule has 2 aromatic carbocycles. The molecule has 0 aliphatic heterocycles. The van der Waals surface area contributed by atoms with E-state index in [0.29, 0.717) is 0 Å². The summed E-state index contributed by atoms with van der Waals surface area (Å²) >= 11 is 3.04. The number of para-hydroxylation sites is 1. The van der Waals surface area contributed by atoms with Gasteiger partial charge in [0.15, 0.2) is 5.60 Å². The van der Waals surface area contributed by atoms with Crippen molar-refractivity contribution in [2.45, 2.75) is 17.7 Å². The van der Waals surface area contributed by atoms with Gasteiger partial charge in [0.1, 0.15) is 0 Å². The van der Waals surface area contributed by atoms with Gasteiger partial charge in [0.05, 0.1) is 0 Å². The number of hydrogen-bond donors (Lipinski definition) is 1. The topological polar surface area (TPSA) is 23.5 Å². The molecule has 0 spiro atoms. The zero-order valence-electron chi connectivity index (χ0n) is 13.3. The quantitative estimate of drug-likeness (QED) is 0.703. The second-order valence-corrected chi connectivity index (χ2v) is 6.62. The third-order valence-electron chi connectivity index (χ3n) is 3.83. The Balaban J connectivity index is 2.88. The fourth-order valence-electron chi connectivity index (χ4n) is 2.59. The summed E-state index contributed by atoms with van der Waals surface area (Å²) in [6, 6.07) is 10.1. The molecule has 1 unspecified atom stereocenters. The minimum absolute atomic E-state index is 0.0499. The molecule has 25 heavy (non-hydrogen) atoms. The highest BCUT2D eigenvalue weighted by atomic mass is 79.9. The van der Waals surface area contributed by atoms with Gasteiger partial charge in [-0.25, -0.2) is 0 Å². The molecule has 2 aromatic rings. The van der Waals surface area contributed by atoms with E-state index in [1.54, 1.807) is 0 Å². The van der Waals surface area contributed by atoms with Crippen LogP contribution in [0.4, 0.5) is 27.6 Å². The molecule has 136 valence electrons. The van der Waals surface area contributed by atoms with Gasteiger partial charge in [-0.2, -0.15) is 22.0 Å². The Hall–Kier alpha value is -1.67. The van der Waals surface area contributed by atoms with E-state index in [-0.39, 0.29) is 10.2 Å². The van der Waals surface area contributed by atoms with E-state index in [0.717, 1.165) is 18.2 Å². The summed E-state index contributed by atoms with van der Waals surface area (Å²) in [6.07, 6.45) is -5.95. The summed E-state index contributed by atoms with van der Waals surface area (Å²) in [4.78, 5) is 1.37. The first-order valence-electron chi connectivity index (χ1n) is 7.12. The molecule has 0 amide bonds. The lowest BCUT2D eigenvalue weighted by atomic mass is 9.79. The van der Waals surface area contributed by atoms with Crippen molar-refractivity contribution in [2.24, 2.45) is 0 Å². The molecule has 2 nitrogen and oxygen atoms in total. The Morgan fingerprint density at radius 2 is 1.52 bits per heavy atom. The Labute approximate surface area is 150 Å². The highest BCUT2D eigenvalue weighted by Crippen LogP contribution is 2.53. The predicted octanol–water partition coefficient (Wildman–Crippen LogP) is 4.95. The highest BCUT2D eigenvalue weighted by Gasteiger charge is 2.71. The maximum absolute atomic E-state index is 14.5. The van der Waals surface area contributed by atoms with Crippen molar-refractivity contribution in [1.29, 1.82) is 0 Å². The van der Waals surface area contributed by atoms with Gasteiger partial charge in [-0.15, -0.1) is 0 Å². The van der Waals surface area contributed by atoms with Crippen molar-refractivity contribution in [3.05, 3.63) is 64.1 Å². The van der Waals surface area contributed by atoms with Gasteiger partial charge in [-0.05, 0) is 23.8 Å². The SMILES string of the molecule is CN(C)c1ccccc1C(O)(c1cccc(Br)c1)C(F)(F)C(F)(F)F. The lowest BCUT2D eigenvalue weighted by molar-refractivity contribution is -0.336. The Morgan fingerprint density at radius 3 is 2.04 bits per heavy atom. The summed E-state index contributed by atoms with van der Waals surface area (Å²) in [5.41, 5.74) is -4.66. The third kappa shape index (κ3) is 3.25. The highest BCUT2D eigenvalue weighted by molar-refractivity contribution is 9.10. The number of halogens is 6. The van der Waals surface area contributed by atoms with E-state index in [1.807, 2.05) is 0 Å². The summed E-state index contributed by atoms with van der Waals surface area (Å²) in [6.45, 7) is 0. The first kappa shape index (κ1) is 19.7. The normalized spacial score (nSPS) is 14.9. The molecule has 0 saturated heterocycles. The number of hydrogen-bond acceptors (Lipinski definition) is 2. The van der Waals surface area contributed by atoms with Crippen LogP contribution in [0.2, 0.25) is 0 Å². The largest absolute Gasteiger partial charge is 0.457 e. The molecule has 0 saturated carbocycles. The Bertz CT molecular complexity index is 763. The summed E-state index contributed by atoms with van der Waals surface area (Å²) < 4.78 is 68.9. The predicted molar refractivity (Wildman–Crippen MR) is 88.9 cm³/mol. The van der Waals surface area contributed by atoms with Crippen LogP contribution in [-0.2, 0) is 5.60 Å². The molecule has 0 aliphatic carbocycles. The van der Waals surface area contributed by atoms with Crippen LogP contribution in [0.1, 0.15) is 11.1 Å². The molecule has 1 atom stereocenters. The monoisotopic (exact) mass is 423 g/mol. The van der Waals surface area contributed by atoms with Crippen molar-refractivity contribution in [2.75, 3.05) is 19.0 Å². The number of rotatable bonds is 4. The summed E-state index contributed by atoms with van der Waals surface area (Å²) in [5, 5.41) is 10.9. The third-order valence-corrected chi connectivity index (χ3v) is 4.32. The molecular formula is C17H15BrF5NO. The molecule has 2 rings (SSSR count). The van der Waals surface area contributed by atoms with Crippen molar-refractivity contribution in [1.82, 2.24) is 0 Å². The zero-order chi connectivity index (χ0) is 19.0. The molecular weight excluding hydrogens is 409 g/mol. The van der Waals surface area contributed by atoms with Gasteiger partial charge in [-0.1, -0.05) is 46.3 Å². The number of nitrogens with zero attached hydrogens (tertiary/aromatic N) is 1. The molecule has 0 heterocycles. The van der Waals surface area contributed by atoms with Crippen molar-refractivity contribution >= 4 is 21.6 Å². The average molecular weight is 424 g/mol. The molecule has 0 aliphatic rings. The molecule has 0 radical (unpaired) electrons. The van der Waals surface area contributed by atoms with Gasteiger partial charge in [0, 0.05) is 29.8 Å². The van der Waals surface area contributed by atoms with Crippen LogP contribution in [0.3, 0.4) is 0 Å². The summed E-state index contributed by atoms with van der Waals surface area (Å²) in [5.74, 6) is -5.42. The minimum Gasteiger partial charge on any atom is -0.377 e. The number of benzene rings is 2. The van der Waals surface area contributed by atoms with E-state index in [2.05, 4.69) is 15.9 Å². The lowest BCUT2D eigenvalue weighted by Crippen LogP contribution is -2.56. The van der Waals surface area contributed by atoms with Crippen LogP contribution in [0.25, 0.3) is 0 Å². The Kier molecular flexibility index (Phi) is 5.16. The van der Waals surface area contributed by atoms with E-state index in [9.17, 15) is 27.1 Å². The van der Waals surface area contributed by atoms with Gasteiger partial charge >= 0.3 is 12.1 Å². The first-order valence-corrected chi connectivity index (χ1v) is 7.92. The number of alkyl halides is 5. The molecule has 0 aromatic heterocycles. The standard InChI is InChI=1S/C17H15BrF5NO/c1-24(2)14-9-4-3-8-13(14)15(25,16(19,20)17(21,22)23)11-6-5-7-12(18)10-11/h3-10,25H,1-2H3. The van der Waals surface area contributed by atoms with Crippen molar-refractivity contribution < 1.29 is 27.1 Å². The fourth-order valence-corrected chi connectivity index (χ4v) is 2.99. The van der Waals surface area contributed by atoms with Crippen LogP contribution in [-0.4, -0.2) is 31.3 Å². The van der Waals surface area contributed by atoms with Crippen LogP contribution in [0.5, 0.6) is 0 Å². The second kappa shape index (κ2) is 6.57. The van der Waals surface area contributed by atoms with Gasteiger partial charge in [-0.3, -0.25) is 0 Å². The maximum atomic E-state index is 14.5. The molecule has 0 fully saturated rings. The van der Waals surface area contributed by atoms with Gasteiger partial charge in [0.2, 0.25) is 0 Å². The number of aliphatic hydroxyl groups is 1. The molecule has 0 bridgehead atoms. The van der Waals surface area contributed by atoms with Gasteiger partial charge < -0.3 is 10.0 Å². The van der Waals surface area contributed by atoms with Crippen molar-refractivity contribution in [3.8, 4) is 0 Å². The molecule has 1 N–H and O–H groups in total. The number of anilines is 1. The maximum Gasteiger partial charge on any atom is 0.457 e. The molecule has 8 heteroatoms. The zero-order valence-corrected chi connectivity index (χ0v) is 14.9. The van der Waals surface area contributed by atoms with Crippen LogP contribution >= 0.6 is 15.9 Å². The fraction of sp³-hybridized carbons (Fsp3) is 0.294. The smallest absolute Gasteiger partial charge is 0.377 e. The van der Waals surface area contributed by atoms with Crippen LogP contribution < -0.4 is 4.90 Å². The first-order chi connectivity index (χ1) is 11.4. The van der Waals surface area contributed by atoms with Crippen LogP contribution in [0, 0.1) is 0 Å². The van der Waals surface area contributed by atoms with Crippen molar-refractivity contribution in [3.63, 3.8) is 0 Å². The lowest BCUT2D eigenvalue weighted by Gasteiger charge is -2.39. The minimum atomic E-state index is -5.95. The second-order valence-electron chi connectivity index (χ2n) is 5.70. The Morgan fingerprint density at radius 1 is 0.920 bits per heavy atom. The summed E-state index contributed by atoms with van der Waals surface area (Å²) in [7, 11) is 2.98. The van der Waals surface area contributed by atoms with Gasteiger partial charge in [0.25, 0.3) is 0 Å². The average Bonchev–Trinajstić information content (AvgIpc) is 2.52. The van der Waals surface area contributed by atoms with E-state index >= 15 is 0 Å². The van der Waals surface area contributed by atoms with E-state index in [4.69, 9.17) is 0 Å². The van der Waals surface area contributed by atoms with Crippen LogP contribution in [0.15, 0.2) is 53.0 Å². The van der Waals surface area contributed by atoms with E-state index < -0.39 is 28.8 Å².